The number of hydrogen-bond acceptors (Lipinski definition) is 1. The maximum Gasteiger partial charge on any atom is 0.0583 e. The van der Waals surface area contributed by atoms with E-state index in [1.165, 1.54) is 42.4 Å². The fraction of sp³-hybridized carbons (Fsp3) is 0.667. The minimum Gasteiger partial charge on any atom is -0.393 e. The summed E-state index contributed by atoms with van der Waals surface area (Å²) in [5.74, 6) is 2.73. The number of rotatable bonds is 4. The topological polar surface area (TPSA) is 20.2 Å². The van der Waals surface area contributed by atoms with Crippen molar-refractivity contribution in [3.8, 4) is 0 Å². The van der Waals surface area contributed by atoms with E-state index in [-0.39, 0.29) is 6.10 Å². The standard InChI is InChI=1S/C18H26O/c1-12-3-4-14(7-13(12)2)10-18(19)11-17-9-15-5-6-16(17)8-15/h3-4,7,15-19H,5-6,8-11H2,1-2H3. The van der Waals surface area contributed by atoms with Gasteiger partial charge in [0.1, 0.15) is 0 Å². The fourth-order valence-electron chi connectivity index (χ4n) is 4.30. The summed E-state index contributed by atoms with van der Waals surface area (Å²) in [5, 5.41) is 10.4. The Balaban J connectivity index is 1.56. The summed E-state index contributed by atoms with van der Waals surface area (Å²) in [6.45, 7) is 4.30. The molecule has 0 heterocycles. The van der Waals surface area contributed by atoms with Gasteiger partial charge in [0.2, 0.25) is 0 Å². The van der Waals surface area contributed by atoms with Crippen molar-refractivity contribution in [3.63, 3.8) is 0 Å². The van der Waals surface area contributed by atoms with E-state index in [1.807, 2.05) is 0 Å². The second-order valence-electron chi connectivity index (χ2n) is 6.95. The first-order chi connectivity index (χ1) is 9.11. The van der Waals surface area contributed by atoms with Crippen molar-refractivity contribution in [2.45, 2.75) is 58.5 Å². The van der Waals surface area contributed by atoms with E-state index in [9.17, 15) is 5.11 Å². The van der Waals surface area contributed by atoms with Crippen LogP contribution in [0.3, 0.4) is 0 Å². The lowest BCUT2D eigenvalue weighted by Gasteiger charge is -2.24. The Bertz CT molecular complexity index is 451. The van der Waals surface area contributed by atoms with E-state index in [4.69, 9.17) is 0 Å². The summed E-state index contributed by atoms with van der Waals surface area (Å²) in [7, 11) is 0. The molecule has 0 aromatic heterocycles. The van der Waals surface area contributed by atoms with Crippen molar-refractivity contribution in [2.75, 3.05) is 0 Å². The van der Waals surface area contributed by atoms with Gasteiger partial charge in [-0.1, -0.05) is 24.6 Å². The lowest BCUT2D eigenvalue weighted by atomic mass is 9.84. The van der Waals surface area contributed by atoms with Gasteiger partial charge in [0.05, 0.1) is 6.10 Å². The van der Waals surface area contributed by atoms with Crippen LogP contribution in [0.1, 0.15) is 48.8 Å². The van der Waals surface area contributed by atoms with E-state index in [2.05, 4.69) is 32.0 Å². The molecule has 1 nitrogen and oxygen atoms in total. The van der Waals surface area contributed by atoms with Crippen LogP contribution in [-0.2, 0) is 6.42 Å². The normalized spacial score (nSPS) is 30.8. The monoisotopic (exact) mass is 258 g/mol. The second kappa shape index (κ2) is 5.28. The average Bonchev–Trinajstić information content (AvgIpc) is 2.96. The number of aryl methyl sites for hydroxylation is 2. The molecule has 0 aliphatic heterocycles. The van der Waals surface area contributed by atoms with Gasteiger partial charge in [-0.15, -0.1) is 0 Å². The molecule has 0 saturated heterocycles. The molecule has 2 saturated carbocycles. The zero-order valence-corrected chi connectivity index (χ0v) is 12.2. The molecule has 1 aromatic rings. The Hall–Kier alpha value is -0.820. The number of aliphatic hydroxyl groups is 1. The first-order valence-corrected chi connectivity index (χ1v) is 7.86. The summed E-state index contributed by atoms with van der Waals surface area (Å²) in [4.78, 5) is 0. The predicted octanol–water partition coefficient (Wildman–Crippen LogP) is 4.03. The SMILES string of the molecule is Cc1ccc(CC(O)CC2CC3CCC2C3)cc1C. The molecule has 1 heteroatoms. The number of benzene rings is 1. The van der Waals surface area contributed by atoms with Crippen LogP contribution >= 0.6 is 0 Å². The summed E-state index contributed by atoms with van der Waals surface area (Å²) >= 11 is 0. The van der Waals surface area contributed by atoms with Crippen molar-refractivity contribution in [3.05, 3.63) is 34.9 Å². The summed E-state index contributed by atoms with van der Waals surface area (Å²) < 4.78 is 0. The minimum absolute atomic E-state index is 0.147. The number of fused-ring (bicyclic) bond motifs is 2. The van der Waals surface area contributed by atoms with Crippen LogP contribution in [0.2, 0.25) is 0 Å². The minimum atomic E-state index is -0.147. The Morgan fingerprint density at radius 3 is 2.63 bits per heavy atom. The van der Waals surface area contributed by atoms with Crippen LogP contribution in [0.5, 0.6) is 0 Å². The van der Waals surface area contributed by atoms with Gasteiger partial charge in [0.25, 0.3) is 0 Å². The van der Waals surface area contributed by atoms with Gasteiger partial charge in [-0.25, -0.2) is 0 Å². The van der Waals surface area contributed by atoms with Gasteiger partial charge in [-0.05, 0) is 80.4 Å². The highest BCUT2D eigenvalue weighted by Gasteiger charge is 2.39. The van der Waals surface area contributed by atoms with Crippen molar-refractivity contribution < 1.29 is 5.11 Å². The second-order valence-corrected chi connectivity index (χ2v) is 6.95. The molecule has 2 bridgehead atoms. The highest BCUT2D eigenvalue weighted by atomic mass is 16.3. The molecule has 1 aromatic carbocycles. The predicted molar refractivity (Wildman–Crippen MR) is 79.2 cm³/mol. The molecule has 19 heavy (non-hydrogen) atoms. The van der Waals surface area contributed by atoms with Crippen LogP contribution in [0, 0.1) is 31.6 Å². The average molecular weight is 258 g/mol. The zero-order valence-electron chi connectivity index (χ0n) is 12.2. The van der Waals surface area contributed by atoms with E-state index >= 15 is 0 Å². The van der Waals surface area contributed by atoms with Crippen LogP contribution in [0.15, 0.2) is 18.2 Å². The Morgan fingerprint density at radius 2 is 2.00 bits per heavy atom. The Labute approximate surface area is 117 Å². The van der Waals surface area contributed by atoms with E-state index in [1.54, 1.807) is 0 Å². The van der Waals surface area contributed by atoms with Gasteiger partial charge < -0.3 is 5.11 Å². The molecule has 2 aliphatic rings. The van der Waals surface area contributed by atoms with E-state index in [0.717, 1.165) is 30.6 Å². The van der Waals surface area contributed by atoms with Crippen molar-refractivity contribution >= 4 is 0 Å². The van der Waals surface area contributed by atoms with Gasteiger partial charge in [0, 0.05) is 0 Å². The molecule has 4 atom stereocenters. The molecule has 4 unspecified atom stereocenters. The number of hydrogen-bond donors (Lipinski definition) is 1. The van der Waals surface area contributed by atoms with Crippen molar-refractivity contribution in [1.29, 1.82) is 0 Å². The molecule has 0 radical (unpaired) electrons. The van der Waals surface area contributed by atoms with Crippen LogP contribution in [0.4, 0.5) is 0 Å². The summed E-state index contributed by atoms with van der Waals surface area (Å²) in [6, 6.07) is 6.58. The quantitative estimate of drug-likeness (QED) is 0.864. The largest absolute Gasteiger partial charge is 0.393 e. The van der Waals surface area contributed by atoms with E-state index in [0.29, 0.717) is 0 Å². The lowest BCUT2D eigenvalue weighted by Crippen LogP contribution is -2.20. The fourth-order valence-corrected chi connectivity index (χ4v) is 4.30. The first-order valence-electron chi connectivity index (χ1n) is 7.86. The summed E-state index contributed by atoms with van der Waals surface area (Å²) in [6.07, 6.45) is 7.41. The summed E-state index contributed by atoms with van der Waals surface area (Å²) in [5.41, 5.74) is 3.97. The smallest absolute Gasteiger partial charge is 0.0583 e. The maximum absolute atomic E-state index is 10.4. The van der Waals surface area contributed by atoms with Gasteiger partial charge >= 0.3 is 0 Å². The van der Waals surface area contributed by atoms with Gasteiger partial charge in [-0.3, -0.25) is 0 Å². The first kappa shape index (κ1) is 13.2. The molecular formula is C18H26O. The molecule has 0 spiro atoms. The third kappa shape index (κ3) is 2.86. The third-order valence-electron chi connectivity index (χ3n) is 5.50. The molecule has 2 fully saturated rings. The molecular weight excluding hydrogens is 232 g/mol. The molecule has 1 N–H and O–H groups in total. The number of aliphatic hydroxyl groups excluding tert-OH is 1. The molecule has 2 aliphatic carbocycles. The highest BCUT2D eigenvalue weighted by Crippen LogP contribution is 2.49. The van der Waals surface area contributed by atoms with Crippen LogP contribution in [0.25, 0.3) is 0 Å². The third-order valence-corrected chi connectivity index (χ3v) is 5.50. The molecule has 3 rings (SSSR count). The van der Waals surface area contributed by atoms with Gasteiger partial charge in [-0.2, -0.15) is 0 Å². The van der Waals surface area contributed by atoms with Crippen LogP contribution < -0.4 is 0 Å². The maximum atomic E-state index is 10.4. The Morgan fingerprint density at radius 1 is 1.16 bits per heavy atom. The lowest BCUT2D eigenvalue weighted by molar-refractivity contribution is 0.124. The van der Waals surface area contributed by atoms with Crippen molar-refractivity contribution in [2.24, 2.45) is 17.8 Å². The highest BCUT2D eigenvalue weighted by molar-refractivity contribution is 5.30. The molecule has 104 valence electrons. The molecule has 0 amide bonds. The van der Waals surface area contributed by atoms with Gasteiger partial charge in [0.15, 0.2) is 0 Å². The van der Waals surface area contributed by atoms with Crippen molar-refractivity contribution in [1.82, 2.24) is 0 Å². The Kier molecular flexibility index (Phi) is 3.66. The van der Waals surface area contributed by atoms with Crippen LogP contribution in [-0.4, -0.2) is 11.2 Å². The van der Waals surface area contributed by atoms with E-state index < -0.39 is 0 Å². The zero-order chi connectivity index (χ0) is 13.4.